The standard InChI is InChI=1S/C14H10FN3/c15-10-6-2-1-5-9(10)13-14(16)18-12-8-4-3-7-11(12)17-13/h1-8H,(H2,16,18). The normalized spacial score (nSPS) is 10.7. The summed E-state index contributed by atoms with van der Waals surface area (Å²) in [6.45, 7) is 0. The van der Waals surface area contributed by atoms with Crippen LogP contribution in [0.3, 0.4) is 0 Å². The second-order valence-electron chi connectivity index (χ2n) is 3.93. The van der Waals surface area contributed by atoms with Gasteiger partial charge in [-0.1, -0.05) is 24.3 Å². The summed E-state index contributed by atoms with van der Waals surface area (Å²) in [4.78, 5) is 8.62. The zero-order valence-corrected chi connectivity index (χ0v) is 9.47. The summed E-state index contributed by atoms with van der Waals surface area (Å²) in [5, 5.41) is 0. The first-order valence-corrected chi connectivity index (χ1v) is 5.53. The molecule has 0 saturated carbocycles. The molecule has 3 rings (SSSR count). The maximum Gasteiger partial charge on any atom is 0.150 e. The quantitative estimate of drug-likeness (QED) is 0.710. The third-order valence-corrected chi connectivity index (χ3v) is 2.73. The Morgan fingerprint density at radius 2 is 1.44 bits per heavy atom. The van der Waals surface area contributed by atoms with Crippen molar-refractivity contribution >= 4 is 16.9 Å². The molecule has 0 atom stereocenters. The fourth-order valence-corrected chi connectivity index (χ4v) is 1.87. The van der Waals surface area contributed by atoms with Crippen LogP contribution in [0.2, 0.25) is 0 Å². The van der Waals surface area contributed by atoms with Crippen LogP contribution in [0, 0.1) is 5.82 Å². The predicted molar refractivity (Wildman–Crippen MR) is 69.3 cm³/mol. The maximum atomic E-state index is 13.7. The van der Waals surface area contributed by atoms with E-state index >= 15 is 0 Å². The zero-order chi connectivity index (χ0) is 12.5. The van der Waals surface area contributed by atoms with Gasteiger partial charge in [0.2, 0.25) is 0 Å². The topological polar surface area (TPSA) is 51.8 Å². The minimum absolute atomic E-state index is 0.235. The molecule has 0 fully saturated rings. The Morgan fingerprint density at radius 1 is 0.833 bits per heavy atom. The number of nitrogens with two attached hydrogens (primary N) is 1. The van der Waals surface area contributed by atoms with Crippen molar-refractivity contribution in [2.75, 3.05) is 5.73 Å². The lowest BCUT2D eigenvalue weighted by molar-refractivity contribution is 0.631. The highest BCUT2D eigenvalue weighted by Crippen LogP contribution is 2.26. The third-order valence-electron chi connectivity index (χ3n) is 2.73. The van der Waals surface area contributed by atoms with Crippen molar-refractivity contribution in [1.29, 1.82) is 0 Å². The molecule has 0 spiro atoms. The van der Waals surface area contributed by atoms with Gasteiger partial charge in [-0.3, -0.25) is 0 Å². The molecule has 2 aromatic carbocycles. The maximum absolute atomic E-state index is 13.7. The second kappa shape index (κ2) is 4.07. The van der Waals surface area contributed by atoms with Gasteiger partial charge in [-0.2, -0.15) is 0 Å². The van der Waals surface area contributed by atoms with Crippen LogP contribution in [0.25, 0.3) is 22.3 Å². The molecule has 0 radical (unpaired) electrons. The number of nitrogens with zero attached hydrogens (tertiary/aromatic N) is 2. The number of halogens is 1. The van der Waals surface area contributed by atoms with Crippen molar-refractivity contribution < 1.29 is 4.39 Å². The Morgan fingerprint density at radius 3 is 2.17 bits per heavy atom. The van der Waals surface area contributed by atoms with Gasteiger partial charge in [0.15, 0.2) is 5.82 Å². The highest BCUT2D eigenvalue weighted by atomic mass is 19.1. The van der Waals surface area contributed by atoms with Crippen molar-refractivity contribution in [3.63, 3.8) is 0 Å². The summed E-state index contributed by atoms with van der Waals surface area (Å²) in [5.74, 6) is -0.118. The summed E-state index contributed by atoms with van der Waals surface area (Å²) in [6.07, 6.45) is 0. The van der Waals surface area contributed by atoms with Crippen LogP contribution >= 0.6 is 0 Å². The Kier molecular flexibility index (Phi) is 2.41. The van der Waals surface area contributed by atoms with Gasteiger partial charge in [0.05, 0.1) is 11.0 Å². The van der Waals surface area contributed by atoms with E-state index in [1.807, 2.05) is 24.3 Å². The Hall–Kier alpha value is -2.49. The molecule has 0 amide bonds. The van der Waals surface area contributed by atoms with Crippen molar-refractivity contribution in [2.45, 2.75) is 0 Å². The molecule has 0 aliphatic rings. The van der Waals surface area contributed by atoms with Gasteiger partial charge in [-0.05, 0) is 24.3 Å². The molecule has 0 bridgehead atoms. The van der Waals surface area contributed by atoms with Gasteiger partial charge in [0.25, 0.3) is 0 Å². The predicted octanol–water partition coefficient (Wildman–Crippen LogP) is 3.02. The summed E-state index contributed by atoms with van der Waals surface area (Å²) < 4.78 is 13.7. The zero-order valence-electron chi connectivity index (χ0n) is 9.47. The molecule has 0 saturated heterocycles. The average Bonchev–Trinajstić information content (AvgIpc) is 2.39. The van der Waals surface area contributed by atoms with Gasteiger partial charge in [0, 0.05) is 5.56 Å². The van der Waals surface area contributed by atoms with E-state index in [1.54, 1.807) is 18.2 Å². The number of rotatable bonds is 1. The molecule has 0 unspecified atom stereocenters. The summed E-state index contributed by atoms with van der Waals surface area (Å²) in [5.41, 5.74) is 8.00. The van der Waals surface area contributed by atoms with E-state index in [2.05, 4.69) is 9.97 Å². The van der Waals surface area contributed by atoms with E-state index < -0.39 is 0 Å². The molecule has 2 N–H and O–H groups in total. The molecule has 18 heavy (non-hydrogen) atoms. The van der Waals surface area contributed by atoms with Crippen LogP contribution < -0.4 is 5.73 Å². The van der Waals surface area contributed by atoms with E-state index in [-0.39, 0.29) is 11.6 Å². The minimum atomic E-state index is -0.353. The van der Waals surface area contributed by atoms with Crippen molar-refractivity contribution in [1.82, 2.24) is 9.97 Å². The minimum Gasteiger partial charge on any atom is -0.382 e. The number of para-hydroxylation sites is 2. The molecular formula is C14H10FN3. The number of benzene rings is 2. The number of aromatic nitrogens is 2. The Bertz CT molecular complexity index is 725. The van der Waals surface area contributed by atoms with Crippen molar-refractivity contribution in [3.8, 4) is 11.3 Å². The fourth-order valence-electron chi connectivity index (χ4n) is 1.87. The molecule has 1 aromatic heterocycles. The van der Waals surface area contributed by atoms with Gasteiger partial charge < -0.3 is 5.73 Å². The molecule has 3 nitrogen and oxygen atoms in total. The number of fused-ring (bicyclic) bond motifs is 1. The van der Waals surface area contributed by atoms with Crippen molar-refractivity contribution in [2.24, 2.45) is 0 Å². The summed E-state index contributed by atoms with van der Waals surface area (Å²) in [7, 11) is 0. The highest BCUT2D eigenvalue weighted by Gasteiger charge is 2.11. The van der Waals surface area contributed by atoms with Crippen LogP contribution in [-0.2, 0) is 0 Å². The number of hydrogen-bond donors (Lipinski definition) is 1. The van der Waals surface area contributed by atoms with Gasteiger partial charge in [0.1, 0.15) is 11.5 Å². The van der Waals surface area contributed by atoms with Gasteiger partial charge in [-0.25, -0.2) is 14.4 Å². The number of hydrogen-bond acceptors (Lipinski definition) is 3. The van der Waals surface area contributed by atoms with Crippen LogP contribution in [0.1, 0.15) is 0 Å². The smallest absolute Gasteiger partial charge is 0.150 e. The Labute approximate surface area is 103 Å². The van der Waals surface area contributed by atoms with Crippen LogP contribution in [0.4, 0.5) is 10.2 Å². The molecule has 88 valence electrons. The lowest BCUT2D eigenvalue weighted by atomic mass is 10.1. The lowest BCUT2D eigenvalue weighted by Crippen LogP contribution is -1.99. The first kappa shape index (κ1) is 10.7. The first-order valence-electron chi connectivity index (χ1n) is 5.53. The molecule has 1 heterocycles. The third kappa shape index (κ3) is 1.68. The molecular weight excluding hydrogens is 229 g/mol. The second-order valence-corrected chi connectivity index (χ2v) is 3.93. The van der Waals surface area contributed by atoms with Crippen LogP contribution in [-0.4, -0.2) is 9.97 Å². The molecule has 3 aromatic rings. The monoisotopic (exact) mass is 239 g/mol. The van der Waals surface area contributed by atoms with Crippen molar-refractivity contribution in [3.05, 3.63) is 54.3 Å². The average molecular weight is 239 g/mol. The van der Waals surface area contributed by atoms with Crippen LogP contribution in [0.5, 0.6) is 0 Å². The largest absolute Gasteiger partial charge is 0.382 e. The van der Waals surface area contributed by atoms with E-state index in [9.17, 15) is 4.39 Å². The molecule has 4 heteroatoms. The SMILES string of the molecule is Nc1nc2ccccc2nc1-c1ccccc1F. The number of anilines is 1. The van der Waals surface area contributed by atoms with Gasteiger partial charge in [-0.15, -0.1) is 0 Å². The van der Waals surface area contributed by atoms with E-state index in [0.717, 1.165) is 0 Å². The Balaban J connectivity index is 2.30. The summed E-state index contributed by atoms with van der Waals surface area (Å²) in [6, 6.07) is 13.8. The lowest BCUT2D eigenvalue weighted by Gasteiger charge is -2.07. The fraction of sp³-hybridized carbons (Fsp3) is 0. The molecule has 0 aliphatic carbocycles. The van der Waals surface area contributed by atoms with E-state index in [1.165, 1.54) is 6.07 Å². The molecule has 0 aliphatic heterocycles. The first-order chi connectivity index (χ1) is 8.75. The van der Waals surface area contributed by atoms with E-state index in [4.69, 9.17) is 5.73 Å². The van der Waals surface area contributed by atoms with Gasteiger partial charge >= 0.3 is 0 Å². The van der Waals surface area contributed by atoms with Crippen LogP contribution in [0.15, 0.2) is 48.5 Å². The summed E-state index contributed by atoms with van der Waals surface area (Å²) >= 11 is 0. The highest BCUT2D eigenvalue weighted by molar-refractivity contribution is 5.82. The number of nitrogen functional groups attached to an aromatic ring is 1. The van der Waals surface area contributed by atoms with E-state index in [0.29, 0.717) is 22.3 Å².